The quantitative estimate of drug-likeness (QED) is 0.654. The predicted octanol–water partition coefficient (Wildman–Crippen LogP) is 1.48. The Bertz CT molecular complexity index is 276. The molecule has 1 aliphatic heterocycles. The zero-order valence-corrected chi connectivity index (χ0v) is 10.3. The van der Waals surface area contributed by atoms with Gasteiger partial charge >= 0.3 is 0 Å². The maximum atomic E-state index is 12.3. The van der Waals surface area contributed by atoms with Crippen molar-refractivity contribution in [1.82, 2.24) is 9.80 Å². The Morgan fingerprint density at radius 1 is 1.27 bits per heavy atom. The Balaban J connectivity index is 2.22. The summed E-state index contributed by atoms with van der Waals surface area (Å²) >= 11 is 0. The van der Waals surface area contributed by atoms with E-state index in [1.807, 2.05) is 4.90 Å². The molecule has 0 N–H and O–H groups in total. The SMILES string of the molecule is CCN1CCN(C(C)(C)C)C2(CC2)C1=O. The van der Waals surface area contributed by atoms with Gasteiger partial charge in [-0.2, -0.15) is 0 Å². The van der Waals surface area contributed by atoms with Gasteiger partial charge in [0.05, 0.1) is 0 Å². The third-order valence-electron chi connectivity index (χ3n) is 3.71. The van der Waals surface area contributed by atoms with Crippen LogP contribution in [0.15, 0.2) is 0 Å². The van der Waals surface area contributed by atoms with Crippen molar-refractivity contribution in [3.8, 4) is 0 Å². The number of hydrogen-bond donors (Lipinski definition) is 0. The van der Waals surface area contributed by atoms with Crippen LogP contribution in [0.25, 0.3) is 0 Å². The van der Waals surface area contributed by atoms with E-state index in [4.69, 9.17) is 0 Å². The van der Waals surface area contributed by atoms with Crippen LogP contribution in [-0.4, -0.2) is 46.4 Å². The molecule has 15 heavy (non-hydrogen) atoms. The summed E-state index contributed by atoms with van der Waals surface area (Å²) in [6, 6.07) is 0. The third kappa shape index (κ3) is 1.57. The summed E-state index contributed by atoms with van der Waals surface area (Å²) in [6.07, 6.45) is 2.11. The third-order valence-corrected chi connectivity index (χ3v) is 3.71. The van der Waals surface area contributed by atoms with Crippen molar-refractivity contribution < 1.29 is 4.79 Å². The maximum Gasteiger partial charge on any atom is 0.243 e. The second-order valence-corrected chi connectivity index (χ2v) is 5.74. The highest BCUT2D eigenvalue weighted by Crippen LogP contribution is 2.48. The molecule has 0 atom stereocenters. The van der Waals surface area contributed by atoms with E-state index in [0.29, 0.717) is 5.91 Å². The van der Waals surface area contributed by atoms with Crippen LogP contribution in [0.1, 0.15) is 40.5 Å². The van der Waals surface area contributed by atoms with E-state index in [2.05, 4.69) is 32.6 Å². The van der Waals surface area contributed by atoms with Crippen LogP contribution in [0.3, 0.4) is 0 Å². The lowest BCUT2D eigenvalue weighted by molar-refractivity contribution is -0.147. The molecular formula is C12H22N2O. The molecule has 3 heteroatoms. The minimum atomic E-state index is -0.119. The van der Waals surface area contributed by atoms with Crippen molar-refractivity contribution in [3.63, 3.8) is 0 Å². The molecule has 1 amide bonds. The highest BCUT2D eigenvalue weighted by Gasteiger charge is 2.60. The van der Waals surface area contributed by atoms with E-state index >= 15 is 0 Å². The first kappa shape index (κ1) is 10.9. The fourth-order valence-corrected chi connectivity index (χ4v) is 2.83. The van der Waals surface area contributed by atoms with Crippen molar-refractivity contribution in [2.75, 3.05) is 19.6 Å². The van der Waals surface area contributed by atoms with Crippen LogP contribution < -0.4 is 0 Å². The molecule has 1 spiro atoms. The van der Waals surface area contributed by atoms with Crippen LogP contribution in [0, 0.1) is 0 Å². The fraction of sp³-hybridized carbons (Fsp3) is 0.917. The van der Waals surface area contributed by atoms with Gasteiger partial charge in [-0.3, -0.25) is 9.69 Å². The van der Waals surface area contributed by atoms with Crippen molar-refractivity contribution in [3.05, 3.63) is 0 Å². The summed E-state index contributed by atoms with van der Waals surface area (Å²) < 4.78 is 0. The van der Waals surface area contributed by atoms with Gasteiger partial charge in [0, 0.05) is 25.2 Å². The average Bonchev–Trinajstić information content (AvgIpc) is 2.89. The molecule has 0 aromatic heterocycles. The van der Waals surface area contributed by atoms with Gasteiger partial charge in [0.1, 0.15) is 5.54 Å². The molecule has 1 saturated heterocycles. The molecule has 0 radical (unpaired) electrons. The molecule has 1 saturated carbocycles. The molecule has 0 aromatic rings. The smallest absolute Gasteiger partial charge is 0.243 e. The molecule has 2 aliphatic rings. The number of amides is 1. The summed E-state index contributed by atoms with van der Waals surface area (Å²) in [7, 11) is 0. The Morgan fingerprint density at radius 2 is 1.87 bits per heavy atom. The lowest BCUT2D eigenvalue weighted by Gasteiger charge is -2.47. The number of hydrogen-bond acceptors (Lipinski definition) is 2. The van der Waals surface area contributed by atoms with Gasteiger partial charge < -0.3 is 4.90 Å². The molecule has 2 rings (SSSR count). The second kappa shape index (κ2) is 3.21. The molecule has 86 valence electrons. The van der Waals surface area contributed by atoms with E-state index in [1.165, 1.54) is 0 Å². The van der Waals surface area contributed by atoms with Gasteiger partial charge in [-0.1, -0.05) is 0 Å². The molecule has 1 heterocycles. The Morgan fingerprint density at radius 3 is 2.27 bits per heavy atom. The molecule has 0 bridgehead atoms. The largest absolute Gasteiger partial charge is 0.340 e. The number of rotatable bonds is 1. The fourth-order valence-electron chi connectivity index (χ4n) is 2.83. The lowest BCUT2D eigenvalue weighted by atomic mass is 9.98. The van der Waals surface area contributed by atoms with Gasteiger partial charge in [0.25, 0.3) is 0 Å². The van der Waals surface area contributed by atoms with Crippen molar-refractivity contribution in [2.45, 2.75) is 51.6 Å². The number of carbonyl (C=O) groups excluding carboxylic acids is 1. The van der Waals surface area contributed by atoms with Gasteiger partial charge in [-0.15, -0.1) is 0 Å². The predicted molar refractivity (Wildman–Crippen MR) is 60.7 cm³/mol. The van der Waals surface area contributed by atoms with Crippen LogP contribution in [0.2, 0.25) is 0 Å². The number of carbonyl (C=O) groups is 1. The Hall–Kier alpha value is -0.570. The highest BCUT2D eigenvalue weighted by molar-refractivity contribution is 5.90. The Labute approximate surface area is 92.4 Å². The Kier molecular flexibility index (Phi) is 2.34. The van der Waals surface area contributed by atoms with Crippen LogP contribution in [-0.2, 0) is 4.79 Å². The van der Waals surface area contributed by atoms with Crippen LogP contribution in [0.5, 0.6) is 0 Å². The van der Waals surface area contributed by atoms with E-state index < -0.39 is 0 Å². The van der Waals surface area contributed by atoms with Gasteiger partial charge in [0.15, 0.2) is 0 Å². The monoisotopic (exact) mass is 210 g/mol. The topological polar surface area (TPSA) is 23.6 Å². The van der Waals surface area contributed by atoms with E-state index in [-0.39, 0.29) is 11.1 Å². The molecule has 3 nitrogen and oxygen atoms in total. The van der Waals surface area contributed by atoms with Gasteiger partial charge in [-0.05, 0) is 40.5 Å². The minimum Gasteiger partial charge on any atom is -0.340 e. The molecule has 0 unspecified atom stereocenters. The molecular weight excluding hydrogens is 188 g/mol. The number of nitrogens with zero attached hydrogens (tertiary/aromatic N) is 2. The average molecular weight is 210 g/mol. The summed E-state index contributed by atoms with van der Waals surface area (Å²) in [5.74, 6) is 0.367. The standard InChI is InChI=1S/C12H22N2O/c1-5-13-8-9-14(11(2,3)4)12(6-7-12)10(13)15/h5-9H2,1-4H3. The minimum absolute atomic E-state index is 0.117. The van der Waals surface area contributed by atoms with Crippen molar-refractivity contribution >= 4 is 5.91 Å². The van der Waals surface area contributed by atoms with Crippen molar-refractivity contribution in [1.29, 1.82) is 0 Å². The first-order chi connectivity index (χ1) is 6.92. The lowest BCUT2D eigenvalue weighted by Crippen LogP contribution is -2.63. The molecule has 1 aliphatic carbocycles. The second-order valence-electron chi connectivity index (χ2n) is 5.74. The van der Waals surface area contributed by atoms with E-state index in [1.54, 1.807) is 0 Å². The van der Waals surface area contributed by atoms with E-state index in [9.17, 15) is 4.79 Å². The first-order valence-corrected chi connectivity index (χ1v) is 5.99. The number of piperazine rings is 1. The summed E-state index contributed by atoms with van der Waals surface area (Å²) in [5, 5.41) is 0. The maximum absolute atomic E-state index is 12.3. The van der Waals surface area contributed by atoms with Crippen LogP contribution >= 0.6 is 0 Å². The normalized spacial score (nSPS) is 26.1. The summed E-state index contributed by atoms with van der Waals surface area (Å²) in [5.41, 5.74) is -0.00149. The zero-order chi connectivity index (χ0) is 11.3. The highest BCUT2D eigenvalue weighted by atomic mass is 16.2. The van der Waals surface area contributed by atoms with Gasteiger partial charge in [0.2, 0.25) is 5.91 Å². The van der Waals surface area contributed by atoms with Crippen LogP contribution in [0.4, 0.5) is 0 Å². The van der Waals surface area contributed by atoms with Gasteiger partial charge in [-0.25, -0.2) is 0 Å². The summed E-state index contributed by atoms with van der Waals surface area (Å²) in [4.78, 5) is 16.7. The molecule has 2 fully saturated rings. The number of likely N-dealkylation sites (N-methyl/N-ethyl adjacent to an activating group) is 1. The van der Waals surface area contributed by atoms with E-state index in [0.717, 1.165) is 32.5 Å². The zero-order valence-electron chi connectivity index (χ0n) is 10.3. The first-order valence-electron chi connectivity index (χ1n) is 5.99. The summed E-state index contributed by atoms with van der Waals surface area (Å²) in [6.45, 7) is 11.5. The molecule has 0 aromatic carbocycles. The van der Waals surface area contributed by atoms with Crippen molar-refractivity contribution in [2.24, 2.45) is 0 Å².